The third-order valence-electron chi connectivity index (χ3n) is 2.49. The molecule has 2 aromatic rings. The second-order valence-corrected chi connectivity index (χ2v) is 3.68. The van der Waals surface area contributed by atoms with Crippen molar-refractivity contribution in [1.29, 1.82) is 0 Å². The van der Waals surface area contributed by atoms with Crippen LogP contribution in [0.5, 0.6) is 0 Å². The lowest BCUT2D eigenvalue weighted by molar-refractivity contribution is 0.381. The summed E-state index contributed by atoms with van der Waals surface area (Å²) in [5.41, 5.74) is 3.18. The van der Waals surface area contributed by atoms with Crippen molar-refractivity contribution in [3.05, 3.63) is 53.1 Å². The normalized spacial score (nSPS) is 10.8. The monoisotopic (exact) mass is 277 g/mol. The summed E-state index contributed by atoms with van der Waals surface area (Å²) in [6, 6.07) is 2.45. The molecule has 2 aromatic carbocycles. The summed E-state index contributed by atoms with van der Waals surface area (Å²) in [7, 11) is 0. The Balaban J connectivity index is 2.87. The van der Waals surface area contributed by atoms with Crippen molar-refractivity contribution >= 4 is 5.69 Å². The lowest BCUT2D eigenvalue weighted by Crippen LogP contribution is -2.05. The molecule has 2 N–H and O–H groups in total. The fourth-order valence-electron chi connectivity index (χ4n) is 1.59. The van der Waals surface area contributed by atoms with E-state index in [1.165, 1.54) is 0 Å². The molecule has 1 nitrogen and oxygen atoms in total. The molecule has 2 rings (SSSR count). The van der Waals surface area contributed by atoms with E-state index in [9.17, 15) is 26.3 Å². The van der Waals surface area contributed by atoms with E-state index in [-0.39, 0.29) is 5.69 Å². The topological polar surface area (TPSA) is 26.0 Å². The molecule has 0 fully saturated rings. The van der Waals surface area contributed by atoms with Crippen LogP contribution in [0.4, 0.5) is 32.0 Å². The maximum atomic E-state index is 13.5. The quantitative estimate of drug-likeness (QED) is 0.365. The first kappa shape index (κ1) is 13.3. The fourth-order valence-corrected chi connectivity index (χ4v) is 1.59. The first-order chi connectivity index (χ1) is 8.84. The summed E-state index contributed by atoms with van der Waals surface area (Å²) < 4.78 is 78.9. The molecule has 0 aliphatic carbocycles. The highest BCUT2D eigenvalue weighted by Crippen LogP contribution is 2.34. The smallest absolute Gasteiger partial charge is 0.200 e. The van der Waals surface area contributed by atoms with Crippen LogP contribution in [0.1, 0.15) is 0 Å². The Hall–Kier alpha value is -2.18. The van der Waals surface area contributed by atoms with Gasteiger partial charge in [-0.25, -0.2) is 26.3 Å². The highest BCUT2D eigenvalue weighted by atomic mass is 19.2. The SMILES string of the molecule is Nc1ccc(F)cc1-c1c(F)c(F)c(F)c(F)c1F. The molecule has 0 heterocycles. The number of benzene rings is 2. The molecular weight excluding hydrogens is 272 g/mol. The van der Waals surface area contributed by atoms with Crippen molar-refractivity contribution in [1.82, 2.24) is 0 Å². The lowest BCUT2D eigenvalue weighted by Gasteiger charge is -2.10. The van der Waals surface area contributed by atoms with Gasteiger partial charge in [-0.15, -0.1) is 0 Å². The van der Waals surface area contributed by atoms with Gasteiger partial charge >= 0.3 is 0 Å². The summed E-state index contributed by atoms with van der Waals surface area (Å²) in [4.78, 5) is 0. The minimum atomic E-state index is -2.28. The minimum Gasteiger partial charge on any atom is -0.398 e. The Morgan fingerprint density at radius 1 is 0.684 bits per heavy atom. The third kappa shape index (κ3) is 2.00. The first-order valence-electron chi connectivity index (χ1n) is 4.91. The number of hydrogen-bond acceptors (Lipinski definition) is 1. The van der Waals surface area contributed by atoms with E-state index in [0.29, 0.717) is 6.07 Å². The minimum absolute atomic E-state index is 0.315. The van der Waals surface area contributed by atoms with Crippen molar-refractivity contribution in [3.63, 3.8) is 0 Å². The molecule has 0 aliphatic heterocycles. The van der Waals surface area contributed by atoms with Crippen LogP contribution in [-0.2, 0) is 0 Å². The van der Waals surface area contributed by atoms with Crippen LogP contribution in [0, 0.1) is 34.9 Å². The van der Waals surface area contributed by atoms with Gasteiger partial charge in [0.05, 0.1) is 5.56 Å². The summed E-state index contributed by atoms with van der Waals surface area (Å²) in [6.45, 7) is 0. The Bertz CT molecular complexity index is 639. The zero-order valence-electron chi connectivity index (χ0n) is 9.08. The van der Waals surface area contributed by atoms with Gasteiger partial charge in [-0.05, 0) is 18.2 Å². The maximum Gasteiger partial charge on any atom is 0.200 e. The number of nitrogen functional groups attached to an aromatic ring is 1. The molecule has 0 bridgehead atoms. The van der Waals surface area contributed by atoms with Crippen LogP contribution in [0.15, 0.2) is 18.2 Å². The summed E-state index contributed by atoms with van der Waals surface area (Å²) >= 11 is 0. The van der Waals surface area contributed by atoms with Gasteiger partial charge in [0.2, 0.25) is 5.82 Å². The second-order valence-electron chi connectivity index (χ2n) is 3.68. The molecule has 7 heteroatoms. The molecule has 0 aliphatic rings. The largest absolute Gasteiger partial charge is 0.398 e. The van der Waals surface area contributed by atoms with E-state index in [1.54, 1.807) is 0 Å². The molecule has 0 radical (unpaired) electrons. The van der Waals surface area contributed by atoms with Crippen molar-refractivity contribution in [2.75, 3.05) is 5.73 Å². The van der Waals surface area contributed by atoms with Gasteiger partial charge in [0, 0.05) is 11.3 Å². The predicted octanol–water partition coefficient (Wildman–Crippen LogP) is 3.77. The molecule has 0 atom stereocenters. The van der Waals surface area contributed by atoms with Crippen molar-refractivity contribution in [2.24, 2.45) is 0 Å². The molecule has 0 saturated carbocycles. The standard InChI is InChI=1S/C12H5F6N/c13-4-1-2-6(19)5(3-4)7-8(14)10(16)12(18)11(17)9(7)15/h1-3H,19H2. The second kappa shape index (κ2) is 4.49. The zero-order valence-corrected chi connectivity index (χ0v) is 9.08. The van der Waals surface area contributed by atoms with Crippen LogP contribution in [0.25, 0.3) is 11.1 Å². The Labute approximate surface area is 103 Å². The molecular formula is C12H5F6N. The van der Waals surface area contributed by atoms with Gasteiger partial charge in [0.25, 0.3) is 0 Å². The lowest BCUT2D eigenvalue weighted by atomic mass is 10.0. The van der Waals surface area contributed by atoms with Crippen LogP contribution in [-0.4, -0.2) is 0 Å². The molecule has 0 aromatic heterocycles. The Kier molecular flexibility index (Phi) is 3.13. The van der Waals surface area contributed by atoms with E-state index in [4.69, 9.17) is 5.73 Å². The highest BCUT2D eigenvalue weighted by molar-refractivity contribution is 5.77. The van der Waals surface area contributed by atoms with Gasteiger partial charge in [0.15, 0.2) is 23.3 Å². The van der Waals surface area contributed by atoms with Crippen LogP contribution in [0.2, 0.25) is 0 Å². The highest BCUT2D eigenvalue weighted by Gasteiger charge is 2.27. The Morgan fingerprint density at radius 2 is 1.16 bits per heavy atom. The molecule has 0 amide bonds. The van der Waals surface area contributed by atoms with Gasteiger partial charge in [0.1, 0.15) is 5.82 Å². The number of rotatable bonds is 1. The summed E-state index contributed by atoms with van der Waals surface area (Å²) in [5, 5.41) is 0. The van der Waals surface area contributed by atoms with Crippen LogP contribution in [0.3, 0.4) is 0 Å². The molecule has 100 valence electrons. The number of nitrogens with two attached hydrogens (primary N) is 1. The van der Waals surface area contributed by atoms with Crippen LogP contribution < -0.4 is 5.73 Å². The Morgan fingerprint density at radius 3 is 1.68 bits per heavy atom. The molecule has 0 spiro atoms. The fraction of sp³-hybridized carbons (Fsp3) is 0. The van der Waals surface area contributed by atoms with Crippen molar-refractivity contribution in [2.45, 2.75) is 0 Å². The third-order valence-corrected chi connectivity index (χ3v) is 2.49. The van der Waals surface area contributed by atoms with Crippen molar-refractivity contribution in [3.8, 4) is 11.1 Å². The maximum absolute atomic E-state index is 13.5. The van der Waals surface area contributed by atoms with Gasteiger partial charge in [-0.1, -0.05) is 0 Å². The summed E-state index contributed by atoms with van der Waals surface area (Å²) in [5.74, 6) is -11.6. The first-order valence-corrected chi connectivity index (χ1v) is 4.91. The zero-order chi connectivity index (χ0) is 14.3. The average Bonchev–Trinajstić information content (AvgIpc) is 2.38. The van der Waals surface area contributed by atoms with Crippen LogP contribution >= 0.6 is 0 Å². The van der Waals surface area contributed by atoms with Crippen molar-refractivity contribution < 1.29 is 26.3 Å². The molecule has 19 heavy (non-hydrogen) atoms. The van der Waals surface area contributed by atoms with Gasteiger partial charge < -0.3 is 5.73 Å². The van der Waals surface area contributed by atoms with Gasteiger partial charge in [-0.2, -0.15) is 0 Å². The predicted molar refractivity (Wildman–Crippen MR) is 56.0 cm³/mol. The average molecular weight is 277 g/mol. The number of halogens is 6. The van der Waals surface area contributed by atoms with E-state index in [2.05, 4.69) is 0 Å². The van der Waals surface area contributed by atoms with E-state index in [0.717, 1.165) is 12.1 Å². The van der Waals surface area contributed by atoms with E-state index >= 15 is 0 Å². The summed E-state index contributed by atoms with van der Waals surface area (Å²) in [6.07, 6.45) is 0. The van der Waals surface area contributed by atoms with E-state index in [1.807, 2.05) is 0 Å². The molecule has 0 saturated heterocycles. The number of anilines is 1. The van der Waals surface area contributed by atoms with Gasteiger partial charge in [-0.3, -0.25) is 0 Å². The number of hydrogen-bond donors (Lipinski definition) is 1. The molecule has 0 unspecified atom stereocenters. The van der Waals surface area contributed by atoms with E-state index < -0.39 is 46.0 Å².